The molecule has 0 amide bonds. The lowest BCUT2D eigenvalue weighted by Gasteiger charge is -2.24. The molecule has 0 atom stereocenters. The number of benzene rings is 1. The molecule has 1 aliphatic rings. The molecule has 0 bridgehead atoms. The van der Waals surface area contributed by atoms with Crippen LogP contribution in [0.3, 0.4) is 0 Å². The summed E-state index contributed by atoms with van der Waals surface area (Å²) < 4.78 is 1.32. The van der Waals surface area contributed by atoms with E-state index in [9.17, 15) is 0 Å². The highest BCUT2D eigenvalue weighted by atomic mass is 127. The van der Waals surface area contributed by atoms with Gasteiger partial charge in [-0.1, -0.05) is 51.5 Å². The molecule has 90 valence electrons. The first-order valence-corrected chi connectivity index (χ1v) is 7.26. The Balaban J connectivity index is 2.66. The van der Waals surface area contributed by atoms with Crippen molar-refractivity contribution in [1.82, 2.24) is 0 Å². The molecule has 2 rings (SSSR count). The Morgan fingerprint density at radius 3 is 2.65 bits per heavy atom. The van der Waals surface area contributed by atoms with Gasteiger partial charge in [0.05, 0.1) is 0 Å². The van der Waals surface area contributed by atoms with Gasteiger partial charge in [-0.3, -0.25) is 0 Å². The van der Waals surface area contributed by atoms with E-state index in [1.807, 2.05) is 6.08 Å². The van der Waals surface area contributed by atoms with Gasteiger partial charge in [0.15, 0.2) is 0 Å². The van der Waals surface area contributed by atoms with E-state index < -0.39 is 0 Å². The molecular weight excluding hydrogens is 319 g/mol. The molecule has 1 aromatic rings. The third kappa shape index (κ3) is 1.99. The highest BCUT2D eigenvalue weighted by Gasteiger charge is 2.35. The Morgan fingerprint density at radius 2 is 2.06 bits per heavy atom. The maximum Gasteiger partial charge on any atom is 0.0133 e. The molecule has 0 aliphatic heterocycles. The molecular formula is C16H19I. The fraction of sp³-hybridized carbons (Fsp3) is 0.375. The van der Waals surface area contributed by atoms with Crippen molar-refractivity contribution in [2.45, 2.75) is 39.0 Å². The van der Waals surface area contributed by atoms with Crippen molar-refractivity contribution in [1.29, 1.82) is 0 Å². The summed E-state index contributed by atoms with van der Waals surface area (Å²) in [6, 6.07) is 6.76. The lowest BCUT2D eigenvalue weighted by Crippen LogP contribution is -2.17. The molecule has 0 heterocycles. The predicted molar refractivity (Wildman–Crippen MR) is 84.2 cm³/mol. The molecule has 0 saturated carbocycles. The molecule has 0 aromatic heterocycles. The van der Waals surface area contributed by atoms with Gasteiger partial charge in [-0.2, -0.15) is 0 Å². The van der Waals surface area contributed by atoms with Crippen molar-refractivity contribution in [2.75, 3.05) is 0 Å². The summed E-state index contributed by atoms with van der Waals surface area (Å²) in [7, 11) is 0. The number of hydrogen-bond acceptors (Lipinski definition) is 0. The molecule has 0 spiro atoms. The van der Waals surface area contributed by atoms with Crippen LogP contribution in [0, 0.1) is 3.57 Å². The zero-order chi connectivity index (χ0) is 12.6. The van der Waals surface area contributed by atoms with Crippen molar-refractivity contribution in [3.05, 3.63) is 51.1 Å². The number of fused-ring (bicyclic) bond motifs is 1. The van der Waals surface area contributed by atoms with Crippen LogP contribution in [-0.2, 0) is 5.41 Å². The van der Waals surface area contributed by atoms with Gasteiger partial charge in [-0.25, -0.2) is 0 Å². The van der Waals surface area contributed by atoms with E-state index in [1.54, 1.807) is 5.57 Å². The molecule has 1 aliphatic carbocycles. The first-order chi connectivity index (χ1) is 8.02. The van der Waals surface area contributed by atoms with Gasteiger partial charge < -0.3 is 0 Å². The minimum atomic E-state index is 0.163. The van der Waals surface area contributed by atoms with Gasteiger partial charge in [0.2, 0.25) is 0 Å². The second kappa shape index (κ2) is 4.60. The summed E-state index contributed by atoms with van der Waals surface area (Å²) in [6.45, 7) is 10.9. The third-order valence-electron chi connectivity index (χ3n) is 3.73. The maximum atomic E-state index is 4.00. The Kier molecular flexibility index (Phi) is 3.48. The standard InChI is InChI=1S/C16H19I/c1-5-7-14-12(6-2)13-9-8-11(17)10-15(13)16(14,3)4/h6,8-10H,2,5,7H2,1,3-4H3. The topological polar surface area (TPSA) is 0 Å². The van der Waals surface area contributed by atoms with Crippen molar-refractivity contribution < 1.29 is 0 Å². The van der Waals surface area contributed by atoms with Crippen LogP contribution >= 0.6 is 22.6 Å². The van der Waals surface area contributed by atoms with E-state index >= 15 is 0 Å². The Labute approximate surface area is 118 Å². The SMILES string of the molecule is C=CC1=C(CCC)C(C)(C)c2cc(I)ccc21. The number of halogens is 1. The smallest absolute Gasteiger partial charge is 0.0133 e. The van der Waals surface area contributed by atoms with Crippen LogP contribution in [0.25, 0.3) is 5.57 Å². The lowest BCUT2D eigenvalue weighted by molar-refractivity contribution is 0.603. The number of rotatable bonds is 3. The van der Waals surface area contributed by atoms with E-state index in [-0.39, 0.29) is 5.41 Å². The molecule has 1 aromatic carbocycles. The van der Waals surface area contributed by atoms with Gasteiger partial charge in [0.1, 0.15) is 0 Å². The second-order valence-electron chi connectivity index (χ2n) is 5.16. The molecule has 0 unspecified atom stereocenters. The first kappa shape index (κ1) is 12.9. The van der Waals surface area contributed by atoms with E-state index in [0.717, 1.165) is 0 Å². The summed E-state index contributed by atoms with van der Waals surface area (Å²) >= 11 is 2.39. The average molecular weight is 338 g/mol. The van der Waals surface area contributed by atoms with E-state index in [0.29, 0.717) is 0 Å². The minimum absolute atomic E-state index is 0.163. The second-order valence-corrected chi connectivity index (χ2v) is 6.41. The normalized spacial score (nSPS) is 17.2. The Bertz CT molecular complexity index is 492. The zero-order valence-electron chi connectivity index (χ0n) is 10.8. The van der Waals surface area contributed by atoms with Gasteiger partial charge in [0.25, 0.3) is 0 Å². The van der Waals surface area contributed by atoms with Gasteiger partial charge in [-0.15, -0.1) is 0 Å². The Hall–Kier alpha value is -0.570. The summed E-state index contributed by atoms with van der Waals surface area (Å²) in [5, 5.41) is 0. The van der Waals surface area contributed by atoms with Crippen LogP contribution in [-0.4, -0.2) is 0 Å². The number of hydrogen-bond donors (Lipinski definition) is 0. The summed E-state index contributed by atoms with van der Waals surface area (Å²) in [4.78, 5) is 0. The summed E-state index contributed by atoms with van der Waals surface area (Å²) in [6.07, 6.45) is 4.40. The van der Waals surface area contributed by atoms with Crippen molar-refractivity contribution in [2.24, 2.45) is 0 Å². The van der Waals surface area contributed by atoms with Crippen LogP contribution in [0.5, 0.6) is 0 Å². The fourth-order valence-corrected chi connectivity index (χ4v) is 3.35. The third-order valence-corrected chi connectivity index (χ3v) is 4.40. The monoisotopic (exact) mass is 338 g/mol. The van der Waals surface area contributed by atoms with Crippen LogP contribution in [0.15, 0.2) is 36.4 Å². The number of allylic oxidation sites excluding steroid dienone is 3. The van der Waals surface area contributed by atoms with Gasteiger partial charge in [0, 0.05) is 8.99 Å². The average Bonchev–Trinajstić information content (AvgIpc) is 2.49. The highest BCUT2D eigenvalue weighted by Crippen LogP contribution is 2.48. The molecule has 0 radical (unpaired) electrons. The molecule has 0 nitrogen and oxygen atoms in total. The van der Waals surface area contributed by atoms with Crippen LogP contribution < -0.4 is 0 Å². The van der Waals surface area contributed by atoms with E-state index in [4.69, 9.17) is 0 Å². The molecule has 1 heteroatoms. The van der Waals surface area contributed by atoms with Gasteiger partial charge >= 0.3 is 0 Å². The molecule has 0 saturated heterocycles. The lowest BCUT2D eigenvalue weighted by atomic mass is 9.79. The predicted octanol–water partition coefficient (Wildman–Crippen LogP) is 5.32. The van der Waals surface area contributed by atoms with E-state index in [2.05, 4.69) is 68.1 Å². The maximum absolute atomic E-state index is 4.00. The van der Waals surface area contributed by atoms with Gasteiger partial charge in [-0.05, 0) is 57.8 Å². The molecule has 0 fully saturated rings. The van der Waals surface area contributed by atoms with Crippen molar-refractivity contribution >= 4 is 28.2 Å². The van der Waals surface area contributed by atoms with Crippen LogP contribution in [0.1, 0.15) is 44.7 Å². The summed E-state index contributed by atoms with van der Waals surface area (Å²) in [5.41, 5.74) is 5.92. The fourth-order valence-electron chi connectivity index (χ4n) is 2.86. The van der Waals surface area contributed by atoms with Crippen molar-refractivity contribution in [3.63, 3.8) is 0 Å². The largest absolute Gasteiger partial charge is 0.0984 e. The van der Waals surface area contributed by atoms with Crippen LogP contribution in [0.4, 0.5) is 0 Å². The highest BCUT2D eigenvalue weighted by molar-refractivity contribution is 14.1. The van der Waals surface area contributed by atoms with Crippen molar-refractivity contribution in [3.8, 4) is 0 Å². The Morgan fingerprint density at radius 1 is 1.35 bits per heavy atom. The first-order valence-electron chi connectivity index (χ1n) is 6.18. The van der Waals surface area contributed by atoms with Crippen LogP contribution in [0.2, 0.25) is 0 Å². The molecule has 0 N–H and O–H groups in total. The summed E-state index contributed by atoms with van der Waals surface area (Å²) in [5.74, 6) is 0. The minimum Gasteiger partial charge on any atom is -0.0984 e. The quantitative estimate of drug-likeness (QED) is 0.654. The zero-order valence-corrected chi connectivity index (χ0v) is 13.0. The van der Waals surface area contributed by atoms with E-state index in [1.165, 1.54) is 33.1 Å². The molecule has 17 heavy (non-hydrogen) atoms.